The number of ketones is 1. The van der Waals surface area contributed by atoms with Crippen molar-refractivity contribution in [3.63, 3.8) is 0 Å². The molecule has 18 heavy (non-hydrogen) atoms. The third-order valence-corrected chi connectivity index (χ3v) is 3.18. The van der Waals surface area contributed by atoms with Gasteiger partial charge in [0.05, 0.1) is 6.54 Å². The van der Waals surface area contributed by atoms with E-state index in [2.05, 4.69) is 20.0 Å². The molecule has 0 unspecified atom stereocenters. The number of nitrogens with zero attached hydrogens (tertiary/aromatic N) is 2. The van der Waals surface area contributed by atoms with Gasteiger partial charge in [0.15, 0.2) is 16.6 Å². The molecule has 0 aliphatic carbocycles. The van der Waals surface area contributed by atoms with Gasteiger partial charge in [-0.1, -0.05) is 16.5 Å². The van der Waals surface area contributed by atoms with Gasteiger partial charge in [0.25, 0.3) is 0 Å². The van der Waals surface area contributed by atoms with E-state index >= 15 is 0 Å². The first kappa shape index (κ1) is 12.2. The van der Waals surface area contributed by atoms with E-state index in [9.17, 15) is 9.59 Å². The maximum Gasteiger partial charge on any atom is 0.356 e. The standard InChI is InChI=1S/C10H9N3O4S/c1-5(14)8-7(9(15)16)12-10(18-8)11-4-6-2-3-17-13-6/h2-3H,4H2,1H3,(H,11,12)(H,15,16). The van der Waals surface area contributed by atoms with E-state index < -0.39 is 5.97 Å². The monoisotopic (exact) mass is 267 g/mol. The Morgan fingerprint density at radius 1 is 1.56 bits per heavy atom. The van der Waals surface area contributed by atoms with Gasteiger partial charge < -0.3 is 14.9 Å². The molecule has 0 bridgehead atoms. The quantitative estimate of drug-likeness (QED) is 0.793. The van der Waals surface area contributed by atoms with E-state index in [-0.39, 0.29) is 16.4 Å². The van der Waals surface area contributed by atoms with Crippen molar-refractivity contribution < 1.29 is 19.2 Å². The van der Waals surface area contributed by atoms with Crippen LogP contribution in [0.15, 0.2) is 16.9 Å². The third-order valence-electron chi connectivity index (χ3n) is 2.06. The Morgan fingerprint density at radius 3 is 2.83 bits per heavy atom. The summed E-state index contributed by atoms with van der Waals surface area (Å²) in [6.45, 7) is 1.65. The van der Waals surface area contributed by atoms with Crippen molar-refractivity contribution in [1.29, 1.82) is 0 Å². The molecule has 2 rings (SSSR count). The van der Waals surface area contributed by atoms with Crippen molar-refractivity contribution in [2.75, 3.05) is 5.32 Å². The number of carboxylic acid groups (broad SMARTS) is 1. The van der Waals surface area contributed by atoms with Crippen LogP contribution in [0.25, 0.3) is 0 Å². The number of aromatic carboxylic acids is 1. The van der Waals surface area contributed by atoms with Gasteiger partial charge in [-0.3, -0.25) is 4.79 Å². The Labute approximate surface area is 105 Å². The van der Waals surface area contributed by atoms with Crippen LogP contribution in [0.4, 0.5) is 5.13 Å². The number of carbonyl (C=O) groups is 2. The van der Waals surface area contributed by atoms with E-state index in [1.807, 2.05) is 0 Å². The average Bonchev–Trinajstić information content (AvgIpc) is 2.95. The summed E-state index contributed by atoms with van der Waals surface area (Å²) in [6.07, 6.45) is 1.43. The topological polar surface area (TPSA) is 105 Å². The lowest BCUT2D eigenvalue weighted by Crippen LogP contribution is -2.04. The van der Waals surface area contributed by atoms with Crippen LogP contribution in [0.5, 0.6) is 0 Å². The Kier molecular flexibility index (Phi) is 3.38. The maximum absolute atomic E-state index is 11.3. The summed E-state index contributed by atoms with van der Waals surface area (Å²) >= 11 is 1.01. The van der Waals surface area contributed by atoms with Crippen LogP contribution in [0, 0.1) is 0 Å². The number of rotatable bonds is 5. The van der Waals surface area contributed by atoms with Crippen LogP contribution in [0.2, 0.25) is 0 Å². The lowest BCUT2D eigenvalue weighted by atomic mass is 10.3. The van der Waals surface area contributed by atoms with Gasteiger partial charge in [0.1, 0.15) is 16.8 Å². The summed E-state index contributed by atoms with van der Waals surface area (Å²) in [5.41, 5.74) is 0.432. The smallest absolute Gasteiger partial charge is 0.356 e. The summed E-state index contributed by atoms with van der Waals surface area (Å²) in [4.78, 5) is 26.2. The first-order valence-corrected chi connectivity index (χ1v) is 5.77. The fourth-order valence-corrected chi connectivity index (χ4v) is 2.12. The Hall–Kier alpha value is -2.22. The molecule has 0 amide bonds. The van der Waals surface area contributed by atoms with Crippen molar-refractivity contribution in [1.82, 2.24) is 10.1 Å². The molecule has 94 valence electrons. The van der Waals surface area contributed by atoms with E-state index in [1.54, 1.807) is 6.07 Å². The van der Waals surface area contributed by atoms with Crippen LogP contribution >= 0.6 is 11.3 Å². The molecular weight excluding hydrogens is 258 g/mol. The van der Waals surface area contributed by atoms with Crippen LogP contribution in [0.1, 0.15) is 32.8 Å². The molecule has 0 saturated carbocycles. The Balaban J connectivity index is 2.16. The molecule has 0 fully saturated rings. The zero-order valence-corrected chi connectivity index (χ0v) is 10.2. The van der Waals surface area contributed by atoms with Crippen LogP contribution in [-0.4, -0.2) is 27.0 Å². The zero-order chi connectivity index (χ0) is 13.1. The number of carboxylic acids is 1. The lowest BCUT2D eigenvalue weighted by molar-refractivity contribution is 0.0687. The molecule has 2 N–H and O–H groups in total. The number of hydrogen-bond donors (Lipinski definition) is 2. The second-order valence-corrected chi connectivity index (χ2v) is 4.40. The maximum atomic E-state index is 11.3. The first-order valence-electron chi connectivity index (χ1n) is 4.96. The average molecular weight is 267 g/mol. The highest BCUT2D eigenvalue weighted by Crippen LogP contribution is 2.24. The Morgan fingerprint density at radius 2 is 2.33 bits per heavy atom. The second-order valence-electron chi connectivity index (χ2n) is 3.40. The number of carbonyl (C=O) groups excluding carboxylic acids is 1. The molecule has 8 heteroatoms. The van der Waals surface area contributed by atoms with Gasteiger partial charge in [-0.25, -0.2) is 9.78 Å². The molecule has 0 aliphatic heterocycles. The molecule has 0 aliphatic rings. The normalized spacial score (nSPS) is 10.3. The third kappa shape index (κ3) is 2.54. The number of anilines is 1. The van der Waals surface area contributed by atoms with Gasteiger partial charge in [-0.2, -0.15) is 0 Å². The Bertz CT molecular complexity index is 544. The van der Waals surface area contributed by atoms with E-state index in [1.165, 1.54) is 13.2 Å². The van der Waals surface area contributed by atoms with Gasteiger partial charge in [0, 0.05) is 13.0 Å². The molecular formula is C10H9N3O4S. The molecule has 0 spiro atoms. The minimum atomic E-state index is -1.22. The number of thiazole rings is 1. The van der Waals surface area contributed by atoms with Crippen molar-refractivity contribution >= 4 is 28.2 Å². The largest absolute Gasteiger partial charge is 0.476 e. The molecule has 2 aromatic rings. The fourth-order valence-electron chi connectivity index (χ4n) is 1.27. The van der Waals surface area contributed by atoms with E-state index in [0.29, 0.717) is 17.4 Å². The highest BCUT2D eigenvalue weighted by atomic mass is 32.1. The number of nitrogens with one attached hydrogen (secondary N) is 1. The molecule has 0 atom stereocenters. The SMILES string of the molecule is CC(=O)c1sc(NCc2ccon2)nc1C(=O)O. The summed E-state index contributed by atoms with van der Waals surface area (Å²) in [7, 11) is 0. The summed E-state index contributed by atoms with van der Waals surface area (Å²) in [5.74, 6) is -1.54. The molecule has 2 aromatic heterocycles. The van der Waals surface area contributed by atoms with Crippen LogP contribution in [-0.2, 0) is 6.54 Å². The van der Waals surface area contributed by atoms with Crippen molar-refractivity contribution in [2.45, 2.75) is 13.5 Å². The fraction of sp³-hybridized carbons (Fsp3) is 0.200. The second kappa shape index (κ2) is 4.96. The van der Waals surface area contributed by atoms with E-state index in [4.69, 9.17) is 5.11 Å². The summed E-state index contributed by atoms with van der Waals surface area (Å²) in [6, 6.07) is 1.67. The highest BCUT2D eigenvalue weighted by Gasteiger charge is 2.20. The van der Waals surface area contributed by atoms with Crippen molar-refractivity contribution in [3.8, 4) is 0 Å². The lowest BCUT2D eigenvalue weighted by Gasteiger charge is -1.96. The van der Waals surface area contributed by atoms with Crippen LogP contribution < -0.4 is 5.32 Å². The first-order chi connectivity index (χ1) is 8.58. The van der Waals surface area contributed by atoms with Gasteiger partial charge in [-0.15, -0.1) is 0 Å². The summed E-state index contributed by atoms with van der Waals surface area (Å²) in [5, 5.41) is 15.9. The molecule has 0 aromatic carbocycles. The van der Waals surface area contributed by atoms with Crippen molar-refractivity contribution in [3.05, 3.63) is 28.6 Å². The van der Waals surface area contributed by atoms with Crippen LogP contribution in [0.3, 0.4) is 0 Å². The van der Waals surface area contributed by atoms with E-state index in [0.717, 1.165) is 11.3 Å². The number of Topliss-reactive ketones (excluding diaryl/α,β-unsaturated/α-hetero) is 1. The minimum absolute atomic E-state index is 0.130. The minimum Gasteiger partial charge on any atom is -0.476 e. The van der Waals surface area contributed by atoms with Gasteiger partial charge in [0.2, 0.25) is 0 Å². The van der Waals surface area contributed by atoms with Gasteiger partial charge >= 0.3 is 5.97 Å². The number of hydrogen-bond acceptors (Lipinski definition) is 7. The van der Waals surface area contributed by atoms with Crippen molar-refractivity contribution in [2.24, 2.45) is 0 Å². The summed E-state index contributed by atoms with van der Waals surface area (Å²) < 4.78 is 4.65. The zero-order valence-electron chi connectivity index (χ0n) is 9.34. The molecule has 0 radical (unpaired) electrons. The highest BCUT2D eigenvalue weighted by molar-refractivity contribution is 7.17. The predicted molar refractivity (Wildman–Crippen MR) is 62.9 cm³/mol. The number of aromatic nitrogens is 2. The van der Waals surface area contributed by atoms with Gasteiger partial charge in [-0.05, 0) is 0 Å². The molecule has 2 heterocycles. The predicted octanol–water partition coefficient (Wildman–Crippen LogP) is 1.64. The molecule has 7 nitrogen and oxygen atoms in total. The molecule has 0 saturated heterocycles.